The van der Waals surface area contributed by atoms with Gasteiger partial charge in [0.05, 0.1) is 16.6 Å². The molecule has 1 unspecified atom stereocenters. The van der Waals surface area contributed by atoms with Gasteiger partial charge in [-0.1, -0.05) is 23.2 Å². The largest absolute Gasteiger partial charge is 0.336 e. The maximum Gasteiger partial charge on any atom is 0.243 e. The molecule has 0 aliphatic carbocycles. The van der Waals surface area contributed by atoms with E-state index in [1.807, 2.05) is 0 Å². The number of hydrogen-bond acceptors (Lipinski definition) is 3. The van der Waals surface area contributed by atoms with E-state index in [0.29, 0.717) is 15.7 Å². The SMILES string of the molecule is CC(N)CC(=O)N(C)CC(=O)Nc1ccc(Cl)c(Cl)c1. The van der Waals surface area contributed by atoms with Crippen molar-refractivity contribution in [2.45, 2.75) is 19.4 Å². The zero-order chi connectivity index (χ0) is 15.3. The third-order valence-corrected chi connectivity index (χ3v) is 3.25. The number of rotatable bonds is 5. The molecule has 0 bridgehead atoms. The van der Waals surface area contributed by atoms with Crippen molar-refractivity contribution >= 4 is 40.7 Å². The van der Waals surface area contributed by atoms with Crippen molar-refractivity contribution in [3.05, 3.63) is 28.2 Å². The van der Waals surface area contributed by atoms with Gasteiger partial charge in [0.15, 0.2) is 0 Å². The van der Waals surface area contributed by atoms with E-state index in [1.54, 1.807) is 32.2 Å². The molecule has 1 rings (SSSR count). The molecule has 0 aliphatic heterocycles. The lowest BCUT2D eigenvalue weighted by atomic mass is 10.2. The molecule has 7 heteroatoms. The summed E-state index contributed by atoms with van der Waals surface area (Å²) >= 11 is 11.6. The average molecular weight is 318 g/mol. The van der Waals surface area contributed by atoms with Crippen LogP contribution >= 0.6 is 23.2 Å². The highest BCUT2D eigenvalue weighted by atomic mass is 35.5. The van der Waals surface area contributed by atoms with Gasteiger partial charge in [0.2, 0.25) is 11.8 Å². The zero-order valence-electron chi connectivity index (χ0n) is 11.3. The number of benzene rings is 1. The van der Waals surface area contributed by atoms with Gasteiger partial charge < -0.3 is 16.0 Å². The van der Waals surface area contributed by atoms with Crippen LogP contribution in [0, 0.1) is 0 Å². The number of nitrogens with one attached hydrogen (secondary N) is 1. The van der Waals surface area contributed by atoms with Gasteiger partial charge in [0, 0.05) is 25.2 Å². The number of nitrogens with zero attached hydrogens (tertiary/aromatic N) is 1. The minimum Gasteiger partial charge on any atom is -0.336 e. The molecule has 20 heavy (non-hydrogen) atoms. The summed E-state index contributed by atoms with van der Waals surface area (Å²) in [6.45, 7) is 1.69. The van der Waals surface area contributed by atoms with Crippen molar-refractivity contribution in [2.75, 3.05) is 18.9 Å². The minimum atomic E-state index is -0.316. The molecule has 0 fully saturated rings. The molecular formula is C13H17Cl2N3O2. The van der Waals surface area contributed by atoms with Crippen LogP contribution in [0.1, 0.15) is 13.3 Å². The molecular weight excluding hydrogens is 301 g/mol. The molecule has 110 valence electrons. The van der Waals surface area contributed by atoms with E-state index >= 15 is 0 Å². The lowest BCUT2D eigenvalue weighted by Gasteiger charge is -2.18. The molecule has 0 saturated heterocycles. The Kier molecular flexibility index (Phi) is 6.26. The molecule has 1 aromatic rings. The maximum absolute atomic E-state index is 11.8. The first-order valence-corrected chi connectivity index (χ1v) is 6.79. The topological polar surface area (TPSA) is 75.4 Å². The quantitative estimate of drug-likeness (QED) is 0.873. The Morgan fingerprint density at radius 2 is 2.00 bits per heavy atom. The number of hydrogen-bond donors (Lipinski definition) is 2. The summed E-state index contributed by atoms with van der Waals surface area (Å²) in [6.07, 6.45) is 0.205. The molecule has 0 aromatic heterocycles. The Morgan fingerprint density at radius 1 is 1.35 bits per heavy atom. The number of amides is 2. The summed E-state index contributed by atoms with van der Waals surface area (Å²) in [5, 5.41) is 3.41. The highest BCUT2D eigenvalue weighted by molar-refractivity contribution is 6.42. The van der Waals surface area contributed by atoms with Gasteiger partial charge in [-0.2, -0.15) is 0 Å². The van der Waals surface area contributed by atoms with E-state index in [0.717, 1.165) is 0 Å². The number of carbonyl (C=O) groups is 2. The average Bonchev–Trinajstić information content (AvgIpc) is 2.32. The van der Waals surface area contributed by atoms with Crippen LogP contribution in [-0.4, -0.2) is 36.3 Å². The van der Waals surface area contributed by atoms with Crippen molar-refractivity contribution in [3.63, 3.8) is 0 Å². The van der Waals surface area contributed by atoms with Gasteiger partial charge in [-0.25, -0.2) is 0 Å². The molecule has 0 heterocycles. The molecule has 2 amide bonds. The fourth-order valence-electron chi connectivity index (χ4n) is 1.51. The summed E-state index contributed by atoms with van der Waals surface area (Å²) in [5.41, 5.74) is 6.07. The van der Waals surface area contributed by atoms with Gasteiger partial charge in [0.1, 0.15) is 0 Å². The molecule has 0 aliphatic rings. The van der Waals surface area contributed by atoms with Crippen LogP contribution in [0.3, 0.4) is 0 Å². The van der Waals surface area contributed by atoms with E-state index in [1.165, 1.54) is 4.90 Å². The van der Waals surface area contributed by atoms with E-state index in [-0.39, 0.29) is 30.8 Å². The van der Waals surface area contributed by atoms with Crippen LogP contribution in [-0.2, 0) is 9.59 Å². The van der Waals surface area contributed by atoms with Gasteiger partial charge in [-0.3, -0.25) is 9.59 Å². The molecule has 0 spiro atoms. The van der Waals surface area contributed by atoms with Crippen LogP contribution in [0.5, 0.6) is 0 Å². The highest BCUT2D eigenvalue weighted by Gasteiger charge is 2.14. The number of anilines is 1. The summed E-state index contributed by atoms with van der Waals surface area (Å²) < 4.78 is 0. The van der Waals surface area contributed by atoms with Gasteiger partial charge >= 0.3 is 0 Å². The molecule has 0 saturated carbocycles. The Bertz CT molecular complexity index is 506. The number of carbonyl (C=O) groups excluding carboxylic acids is 2. The summed E-state index contributed by atoms with van der Waals surface area (Å²) in [6, 6.07) is 4.54. The number of halogens is 2. The molecule has 3 N–H and O–H groups in total. The van der Waals surface area contributed by atoms with Crippen LogP contribution in [0.4, 0.5) is 5.69 Å². The van der Waals surface area contributed by atoms with Crippen LogP contribution < -0.4 is 11.1 Å². The molecule has 5 nitrogen and oxygen atoms in total. The normalized spacial score (nSPS) is 11.8. The van der Waals surface area contributed by atoms with Crippen LogP contribution in [0.15, 0.2) is 18.2 Å². The van der Waals surface area contributed by atoms with Crippen molar-refractivity contribution in [1.29, 1.82) is 0 Å². The van der Waals surface area contributed by atoms with Crippen molar-refractivity contribution in [1.82, 2.24) is 4.90 Å². The van der Waals surface area contributed by atoms with E-state index in [2.05, 4.69) is 5.32 Å². The highest BCUT2D eigenvalue weighted by Crippen LogP contribution is 2.24. The van der Waals surface area contributed by atoms with E-state index in [9.17, 15) is 9.59 Å². The third-order valence-electron chi connectivity index (χ3n) is 2.51. The predicted octanol–water partition coefficient (Wildman–Crippen LogP) is 2.13. The van der Waals surface area contributed by atoms with Gasteiger partial charge in [0.25, 0.3) is 0 Å². The van der Waals surface area contributed by atoms with Crippen molar-refractivity contribution in [3.8, 4) is 0 Å². The lowest BCUT2D eigenvalue weighted by Crippen LogP contribution is -2.37. The fourth-order valence-corrected chi connectivity index (χ4v) is 1.81. The molecule has 0 radical (unpaired) electrons. The second-order valence-electron chi connectivity index (χ2n) is 4.61. The predicted molar refractivity (Wildman–Crippen MR) is 81.0 cm³/mol. The lowest BCUT2D eigenvalue weighted by molar-refractivity contribution is -0.133. The Balaban J connectivity index is 2.54. The summed E-state index contributed by atoms with van der Waals surface area (Å²) in [5.74, 6) is -0.492. The summed E-state index contributed by atoms with van der Waals surface area (Å²) in [7, 11) is 1.55. The van der Waals surface area contributed by atoms with E-state index < -0.39 is 0 Å². The van der Waals surface area contributed by atoms with Crippen molar-refractivity contribution in [2.24, 2.45) is 5.73 Å². The van der Waals surface area contributed by atoms with Gasteiger partial charge in [-0.15, -0.1) is 0 Å². The van der Waals surface area contributed by atoms with Crippen LogP contribution in [0.2, 0.25) is 10.0 Å². The number of likely N-dealkylation sites (N-methyl/N-ethyl adjacent to an activating group) is 1. The van der Waals surface area contributed by atoms with Crippen LogP contribution in [0.25, 0.3) is 0 Å². The van der Waals surface area contributed by atoms with E-state index in [4.69, 9.17) is 28.9 Å². The smallest absolute Gasteiger partial charge is 0.243 e. The Morgan fingerprint density at radius 3 is 2.55 bits per heavy atom. The second kappa shape index (κ2) is 7.47. The first kappa shape index (κ1) is 16.8. The second-order valence-corrected chi connectivity index (χ2v) is 5.42. The maximum atomic E-state index is 11.8. The first-order valence-electron chi connectivity index (χ1n) is 6.04. The van der Waals surface area contributed by atoms with Gasteiger partial charge in [-0.05, 0) is 25.1 Å². The number of nitrogens with two attached hydrogens (primary N) is 1. The molecule has 1 atom stereocenters. The fraction of sp³-hybridized carbons (Fsp3) is 0.385. The first-order chi connectivity index (χ1) is 9.29. The summed E-state index contributed by atoms with van der Waals surface area (Å²) in [4.78, 5) is 24.8. The molecule has 1 aromatic carbocycles. The van der Waals surface area contributed by atoms with Crippen molar-refractivity contribution < 1.29 is 9.59 Å². The minimum absolute atomic E-state index is 0.0498. The zero-order valence-corrected chi connectivity index (χ0v) is 12.8. The standard InChI is InChI=1S/C13H17Cl2N3O2/c1-8(16)5-13(20)18(2)7-12(19)17-9-3-4-10(14)11(15)6-9/h3-4,6,8H,5,7,16H2,1-2H3,(H,17,19). The monoisotopic (exact) mass is 317 g/mol. The third kappa shape index (κ3) is 5.36. The Labute approximate surface area is 128 Å². The Hall–Kier alpha value is -1.30.